The van der Waals surface area contributed by atoms with Crippen molar-refractivity contribution in [2.75, 3.05) is 13.2 Å². The summed E-state index contributed by atoms with van der Waals surface area (Å²) in [6.45, 7) is 7.98. The zero-order valence-electron chi connectivity index (χ0n) is 41.4. The van der Waals surface area contributed by atoms with E-state index in [-0.39, 0.29) is 5.57 Å². The Balaban J connectivity index is 1.16. The van der Waals surface area contributed by atoms with E-state index in [9.17, 15) is 15.2 Å². The first-order valence-electron chi connectivity index (χ1n) is 25.8. The maximum atomic E-state index is 11.8. The average molecular weight is 961 g/mol. The van der Waals surface area contributed by atoms with Crippen LogP contribution in [0, 0.1) is 18.3 Å². The molecule has 71 heavy (non-hydrogen) atoms. The molecular formula is C62H64N4O4S. The van der Waals surface area contributed by atoms with E-state index in [4.69, 9.17) is 19.4 Å². The maximum Gasteiger partial charge on any atom is 0.346 e. The number of carboxylic acids is 1. The number of aromatic nitrogens is 3. The normalized spacial score (nSPS) is 12.4. The molecule has 8 nitrogen and oxygen atoms in total. The van der Waals surface area contributed by atoms with Crippen molar-refractivity contribution in [3.05, 3.63) is 143 Å². The van der Waals surface area contributed by atoms with Crippen LogP contribution in [0.4, 0.5) is 0 Å². The summed E-state index contributed by atoms with van der Waals surface area (Å²) in [5.74, 6) is 0.395. The molecule has 0 bridgehead atoms. The molecule has 5 aromatic carbocycles. The fourth-order valence-electron chi connectivity index (χ4n) is 9.93. The highest BCUT2D eigenvalue weighted by Gasteiger charge is 2.25. The monoisotopic (exact) mass is 960 g/mol. The highest BCUT2D eigenvalue weighted by atomic mass is 32.1. The lowest BCUT2D eigenvalue weighted by Crippen LogP contribution is -2.00. The first-order chi connectivity index (χ1) is 34.8. The van der Waals surface area contributed by atoms with Crippen molar-refractivity contribution >= 4 is 45.3 Å². The minimum absolute atomic E-state index is 0.318. The Kier molecular flexibility index (Phi) is 16.0. The fourth-order valence-corrected chi connectivity index (χ4v) is 10.9. The van der Waals surface area contributed by atoms with Gasteiger partial charge in [-0.1, -0.05) is 114 Å². The number of fused-ring (bicyclic) bond motifs is 4. The predicted octanol–water partition coefficient (Wildman–Crippen LogP) is 16.6. The molecule has 8 aromatic rings. The van der Waals surface area contributed by atoms with Crippen LogP contribution in [0.1, 0.15) is 119 Å². The Labute approximate surface area is 422 Å². The number of nitriles is 1. The second-order valence-corrected chi connectivity index (χ2v) is 20.0. The van der Waals surface area contributed by atoms with E-state index in [0.717, 1.165) is 98.7 Å². The number of rotatable bonds is 23. The number of carbonyl (C=O) groups is 1. The number of thiophene rings is 1. The van der Waals surface area contributed by atoms with Crippen LogP contribution in [0.15, 0.2) is 121 Å². The van der Waals surface area contributed by atoms with Crippen molar-refractivity contribution in [2.24, 2.45) is 0 Å². The number of nitrogens with zero attached hydrogens (tertiary/aromatic N) is 4. The number of aryl methyl sites for hydroxylation is 2. The van der Waals surface area contributed by atoms with E-state index in [1.54, 1.807) is 0 Å². The molecule has 0 amide bonds. The van der Waals surface area contributed by atoms with E-state index < -0.39 is 5.97 Å². The zero-order valence-corrected chi connectivity index (χ0v) is 42.3. The number of ether oxygens (including phenoxy) is 2. The summed E-state index contributed by atoms with van der Waals surface area (Å²) in [6, 6.07) is 42.0. The molecule has 3 heterocycles. The van der Waals surface area contributed by atoms with Gasteiger partial charge in [0.25, 0.3) is 0 Å². The number of hydrogen-bond acceptors (Lipinski definition) is 7. The largest absolute Gasteiger partial charge is 0.494 e. The van der Waals surface area contributed by atoms with E-state index in [1.165, 1.54) is 115 Å². The minimum Gasteiger partial charge on any atom is -0.494 e. The van der Waals surface area contributed by atoms with E-state index in [1.807, 2.05) is 42.5 Å². The van der Waals surface area contributed by atoms with Crippen LogP contribution in [0.2, 0.25) is 0 Å². The van der Waals surface area contributed by atoms with Gasteiger partial charge in [-0.3, -0.25) is 0 Å². The van der Waals surface area contributed by atoms with Gasteiger partial charge in [0.2, 0.25) is 0 Å². The molecular weight excluding hydrogens is 897 g/mol. The van der Waals surface area contributed by atoms with Crippen molar-refractivity contribution in [1.82, 2.24) is 14.5 Å². The van der Waals surface area contributed by atoms with Crippen molar-refractivity contribution < 1.29 is 19.4 Å². The summed E-state index contributed by atoms with van der Waals surface area (Å²) < 4.78 is 14.9. The third kappa shape index (κ3) is 11.3. The lowest BCUT2D eigenvalue weighted by atomic mass is 9.96. The topological polar surface area (TPSA) is 110 Å². The third-order valence-electron chi connectivity index (χ3n) is 13.8. The van der Waals surface area contributed by atoms with E-state index in [0.29, 0.717) is 18.1 Å². The van der Waals surface area contributed by atoms with Gasteiger partial charge in [0.15, 0.2) is 0 Å². The standard InChI is InChI=1S/C62H64N4O4S/c1-4-6-8-10-12-14-37-69-48-28-21-43(22-29-48)58-59(44-23-30-49(31-24-44)70-38-15-13-11-9-7-5-2)65-61-53(57-36-32-50(71-57)39-46(41-63)62(67)68)34-33-51(60(61)64-58)45-25-35-56-54(40-45)52-17-16-18-55(52)66(56)47-26-19-42(3)20-27-47/h19-36,39-40H,4-18,37-38H2,1-3H3,(H,67,68)/b46-39-. The minimum atomic E-state index is -1.26. The molecule has 9 rings (SSSR count). The Morgan fingerprint density at radius 2 is 1.24 bits per heavy atom. The van der Waals surface area contributed by atoms with Crippen molar-refractivity contribution in [1.29, 1.82) is 5.26 Å². The van der Waals surface area contributed by atoms with Gasteiger partial charge in [-0.05, 0) is 141 Å². The zero-order chi connectivity index (χ0) is 49.1. The first-order valence-corrected chi connectivity index (χ1v) is 26.6. The van der Waals surface area contributed by atoms with Crippen LogP contribution in [0.5, 0.6) is 11.5 Å². The molecule has 9 heteroatoms. The van der Waals surface area contributed by atoms with Crippen LogP contribution >= 0.6 is 11.3 Å². The Morgan fingerprint density at radius 1 is 0.676 bits per heavy atom. The van der Waals surface area contributed by atoms with E-state index >= 15 is 0 Å². The van der Waals surface area contributed by atoms with Crippen molar-refractivity contribution in [2.45, 2.75) is 117 Å². The van der Waals surface area contributed by atoms with Gasteiger partial charge in [-0.15, -0.1) is 11.3 Å². The summed E-state index contributed by atoms with van der Waals surface area (Å²) in [7, 11) is 0. The highest BCUT2D eigenvalue weighted by Crippen LogP contribution is 2.43. The predicted molar refractivity (Wildman–Crippen MR) is 292 cm³/mol. The smallest absolute Gasteiger partial charge is 0.346 e. The van der Waals surface area contributed by atoms with Gasteiger partial charge in [-0.2, -0.15) is 5.26 Å². The second kappa shape index (κ2) is 23.3. The molecule has 0 unspecified atom stereocenters. The molecule has 0 atom stereocenters. The van der Waals surface area contributed by atoms with Crippen LogP contribution in [0.25, 0.3) is 77.8 Å². The molecule has 0 radical (unpaired) electrons. The Bertz CT molecular complexity index is 3190. The lowest BCUT2D eigenvalue weighted by Gasteiger charge is -2.16. The van der Waals surface area contributed by atoms with Gasteiger partial charge < -0.3 is 19.1 Å². The van der Waals surface area contributed by atoms with E-state index in [2.05, 4.69) is 104 Å². The molecule has 0 saturated carbocycles. The summed E-state index contributed by atoms with van der Waals surface area (Å²) in [5.41, 5.74) is 13.8. The molecule has 0 aliphatic heterocycles. The molecule has 1 aliphatic rings. The Morgan fingerprint density at radius 3 is 1.83 bits per heavy atom. The van der Waals surface area contributed by atoms with Gasteiger partial charge in [0.1, 0.15) is 23.1 Å². The third-order valence-corrected chi connectivity index (χ3v) is 14.8. The summed E-state index contributed by atoms with van der Waals surface area (Å²) >= 11 is 1.42. The number of aliphatic carboxylic acids is 1. The maximum absolute atomic E-state index is 11.8. The number of benzene rings is 5. The SMILES string of the molecule is CCCCCCCCOc1ccc(-c2nc3c(-c4ccc5c(c4)c4c(n5-c5ccc(C)cc5)CCC4)ccc(-c4ccc(/C=C(/C#N)C(=O)O)s4)c3nc2-c2ccc(OCCCCCCCC)cc2)cc1. The number of unbranched alkanes of at least 4 members (excludes halogenated alkanes) is 10. The van der Waals surface area contributed by atoms with Gasteiger partial charge in [0, 0.05) is 48.8 Å². The van der Waals surface area contributed by atoms with Gasteiger partial charge in [0.05, 0.1) is 41.2 Å². The molecule has 362 valence electrons. The van der Waals surface area contributed by atoms with Crippen LogP contribution in [-0.2, 0) is 17.6 Å². The first kappa shape index (κ1) is 49.0. The van der Waals surface area contributed by atoms with Crippen LogP contribution in [-0.4, -0.2) is 38.8 Å². The van der Waals surface area contributed by atoms with Gasteiger partial charge in [-0.25, -0.2) is 14.8 Å². The van der Waals surface area contributed by atoms with Crippen molar-refractivity contribution in [3.8, 4) is 67.3 Å². The summed E-state index contributed by atoms with van der Waals surface area (Å²) in [4.78, 5) is 24.7. The molecule has 0 saturated heterocycles. The lowest BCUT2D eigenvalue weighted by molar-refractivity contribution is -0.132. The Hall–Kier alpha value is -7.02. The molecule has 1 N–H and O–H groups in total. The molecule has 3 aromatic heterocycles. The van der Waals surface area contributed by atoms with Gasteiger partial charge >= 0.3 is 5.97 Å². The average Bonchev–Trinajstić information content (AvgIpc) is 4.15. The highest BCUT2D eigenvalue weighted by molar-refractivity contribution is 7.16. The van der Waals surface area contributed by atoms with Crippen LogP contribution < -0.4 is 9.47 Å². The van der Waals surface area contributed by atoms with Crippen LogP contribution in [0.3, 0.4) is 0 Å². The summed E-state index contributed by atoms with van der Waals surface area (Å²) in [5, 5.41) is 20.5. The summed E-state index contributed by atoms with van der Waals surface area (Å²) in [6.07, 6.45) is 19.1. The molecule has 1 aliphatic carbocycles. The van der Waals surface area contributed by atoms with Crippen molar-refractivity contribution in [3.63, 3.8) is 0 Å². The quantitative estimate of drug-likeness (QED) is 0.0386. The fraction of sp³-hybridized carbons (Fsp3) is 0.323. The number of hydrogen-bond donors (Lipinski definition) is 1. The number of carboxylic acid groups (broad SMARTS) is 1. The molecule has 0 spiro atoms. The molecule has 0 fully saturated rings. The second-order valence-electron chi connectivity index (χ2n) is 18.9.